The number of halogens is 3. The van der Waals surface area contributed by atoms with Crippen molar-refractivity contribution >= 4 is 46.3 Å². The van der Waals surface area contributed by atoms with Crippen LogP contribution in [0, 0.1) is 12.7 Å². The molecule has 1 fully saturated rings. The van der Waals surface area contributed by atoms with Gasteiger partial charge in [-0.3, -0.25) is 14.5 Å². The molecule has 0 aromatic heterocycles. The number of benzene rings is 3. The van der Waals surface area contributed by atoms with E-state index >= 15 is 0 Å². The molecule has 0 aliphatic carbocycles. The molecule has 7 nitrogen and oxygen atoms in total. The van der Waals surface area contributed by atoms with Gasteiger partial charge in [-0.1, -0.05) is 29.3 Å². The molecule has 1 amide bonds. The van der Waals surface area contributed by atoms with E-state index in [9.17, 15) is 19.1 Å². The molecular formula is C27H22Cl2FNO6. The molecule has 3 aromatic rings. The molecule has 1 aliphatic heterocycles. The minimum atomic E-state index is -1.13. The van der Waals surface area contributed by atoms with Gasteiger partial charge in [0.15, 0.2) is 11.5 Å². The standard InChI is InChI=1S/C27H22Cl2FNO6/c1-13-9-16(26(37-4)18(29)10-13)24(32)22-23(14-5-8-20(35-2)21(11-14)36-3)31(27(34)25(22)33)15-6-7-19(30)17(28)12-15/h5-12,23,32H,1-4H3/b24-22+. The van der Waals surface area contributed by atoms with Crippen LogP contribution in [0.2, 0.25) is 10.0 Å². The molecule has 10 heteroatoms. The van der Waals surface area contributed by atoms with Gasteiger partial charge in [0.25, 0.3) is 11.7 Å². The molecule has 1 atom stereocenters. The van der Waals surface area contributed by atoms with Crippen molar-refractivity contribution < 1.29 is 33.3 Å². The third kappa shape index (κ3) is 4.58. The maximum absolute atomic E-state index is 13.9. The summed E-state index contributed by atoms with van der Waals surface area (Å²) in [5.74, 6) is -2.20. The minimum Gasteiger partial charge on any atom is -0.507 e. The fourth-order valence-corrected chi connectivity index (χ4v) is 4.86. The lowest BCUT2D eigenvalue weighted by molar-refractivity contribution is -0.132. The molecule has 3 aromatic carbocycles. The molecule has 4 rings (SSSR count). The van der Waals surface area contributed by atoms with Crippen molar-refractivity contribution in [1.82, 2.24) is 0 Å². The second-order valence-corrected chi connectivity index (χ2v) is 9.02. The first-order valence-corrected chi connectivity index (χ1v) is 11.7. The maximum atomic E-state index is 13.9. The van der Waals surface area contributed by atoms with Crippen LogP contribution in [0.5, 0.6) is 17.2 Å². The van der Waals surface area contributed by atoms with Crippen molar-refractivity contribution in [3.63, 3.8) is 0 Å². The molecule has 1 unspecified atom stereocenters. The molecular weight excluding hydrogens is 524 g/mol. The van der Waals surface area contributed by atoms with E-state index in [-0.39, 0.29) is 32.6 Å². The van der Waals surface area contributed by atoms with Crippen molar-refractivity contribution in [3.8, 4) is 17.2 Å². The number of ether oxygens (including phenoxy) is 3. The summed E-state index contributed by atoms with van der Waals surface area (Å²) in [6.45, 7) is 1.76. The van der Waals surface area contributed by atoms with Gasteiger partial charge in [0, 0.05) is 5.69 Å². The average Bonchev–Trinajstić information content (AvgIpc) is 3.14. The highest BCUT2D eigenvalue weighted by atomic mass is 35.5. The molecule has 0 spiro atoms. The zero-order valence-electron chi connectivity index (χ0n) is 20.3. The zero-order valence-corrected chi connectivity index (χ0v) is 21.8. The molecule has 192 valence electrons. The highest BCUT2D eigenvalue weighted by Gasteiger charge is 2.47. The Kier molecular flexibility index (Phi) is 7.34. The van der Waals surface area contributed by atoms with Crippen LogP contribution in [0.15, 0.2) is 54.1 Å². The number of anilines is 1. The van der Waals surface area contributed by atoms with Crippen molar-refractivity contribution in [3.05, 3.63) is 86.7 Å². The molecule has 0 saturated carbocycles. The van der Waals surface area contributed by atoms with Crippen LogP contribution >= 0.6 is 23.2 Å². The normalized spacial score (nSPS) is 16.7. The maximum Gasteiger partial charge on any atom is 0.300 e. The Bertz CT molecular complexity index is 1460. The zero-order chi connectivity index (χ0) is 27.0. The summed E-state index contributed by atoms with van der Waals surface area (Å²) < 4.78 is 30.1. The number of aliphatic hydroxyl groups excluding tert-OH is 1. The Morgan fingerprint density at radius 2 is 1.62 bits per heavy atom. The number of carbonyl (C=O) groups is 2. The first-order valence-electron chi connectivity index (χ1n) is 10.9. The van der Waals surface area contributed by atoms with E-state index in [0.29, 0.717) is 22.6 Å². The quantitative estimate of drug-likeness (QED) is 0.229. The Balaban J connectivity index is 2.04. The number of nitrogens with zero attached hydrogens (tertiary/aromatic N) is 1. The highest BCUT2D eigenvalue weighted by molar-refractivity contribution is 6.52. The van der Waals surface area contributed by atoms with Crippen LogP contribution in [-0.2, 0) is 9.59 Å². The molecule has 1 aliphatic rings. The summed E-state index contributed by atoms with van der Waals surface area (Å²) in [5, 5.41) is 11.5. The first kappa shape index (κ1) is 26.3. The van der Waals surface area contributed by atoms with Crippen LogP contribution in [0.4, 0.5) is 10.1 Å². The van der Waals surface area contributed by atoms with Crippen LogP contribution in [-0.4, -0.2) is 38.1 Å². The van der Waals surface area contributed by atoms with Crippen molar-refractivity contribution in [2.45, 2.75) is 13.0 Å². The number of aryl methyl sites for hydroxylation is 1. The van der Waals surface area contributed by atoms with Gasteiger partial charge >= 0.3 is 0 Å². The number of carbonyl (C=O) groups excluding carboxylic acids is 2. The SMILES string of the molecule is COc1ccc(C2/C(=C(\O)c3cc(C)cc(Cl)c3OC)C(=O)C(=O)N2c2ccc(F)c(Cl)c2)cc1OC. The van der Waals surface area contributed by atoms with Crippen molar-refractivity contribution in [2.75, 3.05) is 26.2 Å². The summed E-state index contributed by atoms with van der Waals surface area (Å²) >= 11 is 12.3. The van der Waals surface area contributed by atoms with E-state index in [4.69, 9.17) is 37.4 Å². The lowest BCUT2D eigenvalue weighted by Gasteiger charge is -2.26. The van der Waals surface area contributed by atoms with Gasteiger partial charge in [0.05, 0.1) is 48.6 Å². The Morgan fingerprint density at radius 3 is 2.24 bits per heavy atom. The van der Waals surface area contributed by atoms with E-state index in [1.807, 2.05) is 0 Å². The summed E-state index contributed by atoms with van der Waals surface area (Å²) in [6.07, 6.45) is 0. The number of aliphatic hydroxyl groups is 1. The number of rotatable bonds is 6. The number of Topliss-reactive ketones (excluding diaryl/α,β-unsaturated/α-hetero) is 1. The van der Waals surface area contributed by atoms with Gasteiger partial charge in [-0.25, -0.2) is 4.39 Å². The lowest BCUT2D eigenvalue weighted by atomic mass is 9.94. The van der Waals surface area contributed by atoms with Crippen LogP contribution in [0.3, 0.4) is 0 Å². The lowest BCUT2D eigenvalue weighted by Crippen LogP contribution is -2.29. The fourth-order valence-electron chi connectivity index (χ4n) is 4.33. The predicted molar refractivity (Wildman–Crippen MR) is 138 cm³/mol. The van der Waals surface area contributed by atoms with Gasteiger partial charge < -0.3 is 19.3 Å². The van der Waals surface area contributed by atoms with Crippen LogP contribution < -0.4 is 19.1 Å². The molecule has 0 radical (unpaired) electrons. The third-order valence-electron chi connectivity index (χ3n) is 6.00. The van der Waals surface area contributed by atoms with Crippen molar-refractivity contribution in [1.29, 1.82) is 0 Å². The Hall–Kier alpha value is -3.75. The van der Waals surface area contributed by atoms with E-state index in [1.165, 1.54) is 33.5 Å². The number of amides is 1. The van der Waals surface area contributed by atoms with E-state index in [0.717, 1.165) is 11.0 Å². The topological polar surface area (TPSA) is 85.3 Å². The second-order valence-electron chi connectivity index (χ2n) is 8.21. The molecule has 1 saturated heterocycles. The van der Waals surface area contributed by atoms with E-state index in [2.05, 4.69) is 0 Å². The fraction of sp³-hybridized carbons (Fsp3) is 0.185. The van der Waals surface area contributed by atoms with Gasteiger partial charge in [-0.05, 0) is 60.5 Å². The molecule has 1 heterocycles. The number of methoxy groups -OCH3 is 3. The number of ketones is 1. The monoisotopic (exact) mass is 545 g/mol. The third-order valence-corrected chi connectivity index (χ3v) is 6.57. The van der Waals surface area contributed by atoms with Gasteiger partial charge in [0.1, 0.15) is 17.3 Å². The average molecular weight is 546 g/mol. The Labute approximate surface area is 222 Å². The van der Waals surface area contributed by atoms with Gasteiger partial charge in [-0.2, -0.15) is 0 Å². The van der Waals surface area contributed by atoms with Crippen molar-refractivity contribution in [2.24, 2.45) is 0 Å². The van der Waals surface area contributed by atoms with Gasteiger partial charge in [-0.15, -0.1) is 0 Å². The summed E-state index contributed by atoms with van der Waals surface area (Å²) in [4.78, 5) is 28.0. The highest BCUT2D eigenvalue weighted by Crippen LogP contribution is 2.46. The smallest absolute Gasteiger partial charge is 0.300 e. The number of hydrogen-bond donors (Lipinski definition) is 1. The second kappa shape index (κ2) is 10.3. The predicted octanol–water partition coefficient (Wildman–Crippen LogP) is 6.09. The summed E-state index contributed by atoms with van der Waals surface area (Å²) in [5.41, 5.74) is 1.17. The van der Waals surface area contributed by atoms with Crippen LogP contribution in [0.1, 0.15) is 22.7 Å². The molecule has 1 N–H and O–H groups in total. The molecule has 0 bridgehead atoms. The minimum absolute atomic E-state index is 0.131. The van der Waals surface area contributed by atoms with E-state index in [1.54, 1.807) is 37.3 Å². The Morgan fingerprint density at radius 1 is 0.919 bits per heavy atom. The van der Waals surface area contributed by atoms with Gasteiger partial charge in [0.2, 0.25) is 0 Å². The van der Waals surface area contributed by atoms with Crippen LogP contribution in [0.25, 0.3) is 5.76 Å². The van der Waals surface area contributed by atoms with E-state index < -0.39 is 29.3 Å². The largest absolute Gasteiger partial charge is 0.507 e. The first-order chi connectivity index (χ1) is 17.6. The summed E-state index contributed by atoms with van der Waals surface area (Å²) in [6, 6.07) is 10.6. The molecule has 37 heavy (non-hydrogen) atoms. The summed E-state index contributed by atoms with van der Waals surface area (Å²) in [7, 11) is 4.29. The number of hydrogen-bond acceptors (Lipinski definition) is 6.